The van der Waals surface area contributed by atoms with Crippen LogP contribution in [-0.4, -0.2) is 0 Å². The maximum absolute atomic E-state index is 6.32. The Kier molecular flexibility index (Phi) is 6.84. The standard InChI is InChI=1S/C46H31NO/c1-3-9-32(10-4-1)34-21-26-40(27-22-34)47(39-13-5-2-6-14-39)41-28-23-35(24-29-41)33-17-19-36(20-18-33)38-25-30-44-43(31-38)42-15-7-11-37-12-8-16-45(48-44)46(37)42/h1-31H. The summed E-state index contributed by atoms with van der Waals surface area (Å²) in [6.07, 6.45) is 0. The molecule has 0 atom stereocenters. The van der Waals surface area contributed by atoms with Gasteiger partial charge in [0.15, 0.2) is 0 Å². The molecule has 9 rings (SSSR count). The van der Waals surface area contributed by atoms with Crippen molar-refractivity contribution in [1.82, 2.24) is 0 Å². The Morgan fingerprint density at radius 1 is 0.312 bits per heavy atom. The quantitative estimate of drug-likeness (QED) is 0.185. The fourth-order valence-electron chi connectivity index (χ4n) is 6.86. The molecule has 1 aliphatic heterocycles. The van der Waals surface area contributed by atoms with Gasteiger partial charge >= 0.3 is 0 Å². The van der Waals surface area contributed by atoms with Gasteiger partial charge in [-0.25, -0.2) is 0 Å². The smallest absolute Gasteiger partial charge is 0.135 e. The molecule has 8 aromatic carbocycles. The Balaban J connectivity index is 1.00. The van der Waals surface area contributed by atoms with Gasteiger partial charge in [-0.05, 0) is 98.9 Å². The van der Waals surface area contributed by atoms with Crippen LogP contribution < -0.4 is 9.64 Å². The van der Waals surface area contributed by atoms with Gasteiger partial charge in [0.1, 0.15) is 11.5 Å². The highest BCUT2D eigenvalue weighted by molar-refractivity contribution is 6.04. The zero-order valence-corrected chi connectivity index (χ0v) is 26.3. The average molecular weight is 614 g/mol. The first-order chi connectivity index (χ1) is 23.8. The summed E-state index contributed by atoms with van der Waals surface area (Å²) in [5, 5.41) is 2.38. The predicted molar refractivity (Wildman–Crippen MR) is 200 cm³/mol. The molecule has 0 saturated heterocycles. The number of hydrogen-bond donors (Lipinski definition) is 0. The van der Waals surface area contributed by atoms with Crippen LogP contribution in [0.5, 0.6) is 11.5 Å². The van der Waals surface area contributed by atoms with E-state index in [0.29, 0.717) is 0 Å². The highest BCUT2D eigenvalue weighted by Crippen LogP contribution is 2.47. The molecule has 2 nitrogen and oxygen atoms in total. The lowest BCUT2D eigenvalue weighted by Gasteiger charge is -2.26. The third-order valence-corrected chi connectivity index (χ3v) is 9.28. The molecule has 0 fully saturated rings. The van der Waals surface area contributed by atoms with Crippen molar-refractivity contribution >= 4 is 27.8 Å². The van der Waals surface area contributed by atoms with Crippen molar-refractivity contribution in [1.29, 1.82) is 0 Å². The van der Waals surface area contributed by atoms with E-state index in [4.69, 9.17) is 4.74 Å². The Morgan fingerprint density at radius 2 is 0.792 bits per heavy atom. The van der Waals surface area contributed by atoms with Crippen LogP contribution in [0.1, 0.15) is 0 Å². The van der Waals surface area contributed by atoms with Gasteiger partial charge in [-0.2, -0.15) is 0 Å². The van der Waals surface area contributed by atoms with Crippen molar-refractivity contribution in [3.63, 3.8) is 0 Å². The number of rotatable bonds is 6. The monoisotopic (exact) mass is 613 g/mol. The summed E-state index contributed by atoms with van der Waals surface area (Å²) in [6, 6.07) is 66.8. The molecule has 226 valence electrons. The largest absolute Gasteiger partial charge is 0.456 e. The van der Waals surface area contributed by atoms with E-state index in [9.17, 15) is 0 Å². The van der Waals surface area contributed by atoms with Crippen LogP contribution in [-0.2, 0) is 0 Å². The molecule has 1 heterocycles. The van der Waals surface area contributed by atoms with Crippen LogP contribution in [0, 0.1) is 0 Å². The summed E-state index contributed by atoms with van der Waals surface area (Å²) >= 11 is 0. The zero-order valence-electron chi connectivity index (χ0n) is 26.3. The Morgan fingerprint density at radius 3 is 1.42 bits per heavy atom. The first kappa shape index (κ1) is 27.9. The van der Waals surface area contributed by atoms with Gasteiger partial charge in [-0.1, -0.05) is 133 Å². The van der Waals surface area contributed by atoms with Crippen molar-refractivity contribution in [3.05, 3.63) is 188 Å². The Hall–Kier alpha value is -6.38. The second-order valence-electron chi connectivity index (χ2n) is 12.2. The molecule has 2 heteroatoms. The topological polar surface area (TPSA) is 12.5 Å². The summed E-state index contributed by atoms with van der Waals surface area (Å²) in [5.41, 5.74) is 12.8. The van der Waals surface area contributed by atoms with Crippen LogP contribution in [0.3, 0.4) is 0 Å². The molecule has 48 heavy (non-hydrogen) atoms. The van der Waals surface area contributed by atoms with Gasteiger partial charge in [-0.3, -0.25) is 0 Å². The van der Waals surface area contributed by atoms with Gasteiger partial charge in [0, 0.05) is 28.0 Å². The number of fused-ring (bicyclic) bond motifs is 2. The molecule has 0 bridgehead atoms. The second kappa shape index (κ2) is 11.8. The molecule has 0 spiro atoms. The minimum Gasteiger partial charge on any atom is -0.456 e. The SMILES string of the molecule is c1ccc(-c2ccc(N(c3ccccc3)c3ccc(-c4ccc(-c5ccc6c(c5)-c5cccc7cccc(c57)O6)cc4)cc3)cc2)cc1. The Bertz CT molecular complexity index is 2370. The molecular weight excluding hydrogens is 583 g/mol. The van der Waals surface area contributed by atoms with E-state index in [0.717, 1.165) is 34.1 Å². The molecule has 1 aliphatic rings. The van der Waals surface area contributed by atoms with E-state index in [1.807, 2.05) is 0 Å². The van der Waals surface area contributed by atoms with Crippen molar-refractivity contribution < 1.29 is 4.74 Å². The van der Waals surface area contributed by atoms with Crippen LogP contribution in [0.4, 0.5) is 17.1 Å². The number of para-hydroxylation sites is 1. The summed E-state index contributed by atoms with van der Waals surface area (Å²) in [5.74, 6) is 1.82. The molecule has 0 aliphatic carbocycles. The van der Waals surface area contributed by atoms with Gasteiger partial charge in [0.2, 0.25) is 0 Å². The van der Waals surface area contributed by atoms with Crippen molar-refractivity contribution in [2.24, 2.45) is 0 Å². The Labute approximate surface area is 280 Å². The fraction of sp³-hybridized carbons (Fsp3) is 0. The van der Waals surface area contributed by atoms with Crippen LogP contribution in [0.2, 0.25) is 0 Å². The summed E-state index contributed by atoms with van der Waals surface area (Å²) in [7, 11) is 0. The summed E-state index contributed by atoms with van der Waals surface area (Å²) < 4.78 is 6.32. The number of anilines is 3. The molecule has 0 radical (unpaired) electrons. The van der Waals surface area contributed by atoms with Crippen LogP contribution >= 0.6 is 0 Å². The first-order valence-electron chi connectivity index (χ1n) is 16.3. The molecule has 0 aromatic heterocycles. The van der Waals surface area contributed by atoms with Gasteiger partial charge in [0.25, 0.3) is 0 Å². The molecule has 0 unspecified atom stereocenters. The normalized spacial score (nSPS) is 11.5. The predicted octanol–water partition coefficient (Wildman–Crippen LogP) is 13.1. The molecule has 0 N–H and O–H groups in total. The molecule has 8 aromatic rings. The third-order valence-electron chi connectivity index (χ3n) is 9.28. The maximum Gasteiger partial charge on any atom is 0.135 e. The zero-order chi connectivity index (χ0) is 31.9. The minimum absolute atomic E-state index is 0.901. The summed E-state index contributed by atoms with van der Waals surface area (Å²) in [4.78, 5) is 2.31. The molecular formula is C46H31NO. The van der Waals surface area contributed by atoms with Crippen LogP contribution in [0.25, 0.3) is 55.3 Å². The lowest BCUT2D eigenvalue weighted by atomic mass is 9.92. The summed E-state index contributed by atoms with van der Waals surface area (Å²) in [6.45, 7) is 0. The maximum atomic E-state index is 6.32. The highest BCUT2D eigenvalue weighted by atomic mass is 16.5. The van der Waals surface area contributed by atoms with E-state index in [-0.39, 0.29) is 0 Å². The van der Waals surface area contributed by atoms with Crippen LogP contribution in [0.15, 0.2) is 188 Å². The lowest BCUT2D eigenvalue weighted by Crippen LogP contribution is -2.09. The van der Waals surface area contributed by atoms with Crippen molar-refractivity contribution in [3.8, 4) is 56.0 Å². The molecule has 0 saturated carbocycles. The van der Waals surface area contributed by atoms with E-state index >= 15 is 0 Å². The van der Waals surface area contributed by atoms with Crippen molar-refractivity contribution in [2.75, 3.05) is 4.90 Å². The average Bonchev–Trinajstić information content (AvgIpc) is 3.17. The number of nitrogens with zero attached hydrogens (tertiary/aromatic N) is 1. The lowest BCUT2D eigenvalue weighted by molar-refractivity contribution is 0.487. The van der Waals surface area contributed by atoms with E-state index in [2.05, 4.69) is 193 Å². The first-order valence-corrected chi connectivity index (χ1v) is 16.3. The van der Waals surface area contributed by atoms with E-state index in [1.165, 1.54) is 49.7 Å². The van der Waals surface area contributed by atoms with Gasteiger partial charge in [-0.15, -0.1) is 0 Å². The fourth-order valence-corrected chi connectivity index (χ4v) is 6.86. The minimum atomic E-state index is 0.901. The second-order valence-corrected chi connectivity index (χ2v) is 12.2. The number of hydrogen-bond acceptors (Lipinski definition) is 2. The van der Waals surface area contributed by atoms with E-state index in [1.54, 1.807) is 0 Å². The van der Waals surface area contributed by atoms with Gasteiger partial charge < -0.3 is 9.64 Å². The highest BCUT2D eigenvalue weighted by Gasteiger charge is 2.20. The molecule has 0 amide bonds. The number of ether oxygens (including phenoxy) is 1. The van der Waals surface area contributed by atoms with Gasteiger partial charge in [0.05, 0.1) is 0 Å². The number of benzene rings is 8. The van der Waals surface area contributed by atoms with Crippen molar-refractivity contribution in [2.45, 2.75) is 0 Å². The van der Waals surface area contributed by atoms with E-state index < -0.39 is 0 Å². The third kappa shape index (κ3) is 5.01.